The van der Waals surface area contributed by atoms with Crippen LogP contribution >= 0.6 is 0 Å². The number of ether oxygens (including phenoxy) is 5. The Balaban J connectivity index is 1.72. The minimum Gasteiger partial charge on any atom is -0.497 e. The van der Waals surface area contributed by atoms with Gasteiger partial charge in [0, 0.05) is 12.5 Å². The smallest absolute Gasteiger partial charge is 0.163 e. The van der Waals surface area contributed by atoms with Crippen LogP contribution in [-0.2, 0) is 25.6 Å². The number of methoxy groups -OCH3 is 2. The summed E-state index contributed by atoms with van der Waals surface area (Å²) in [7, 11) is 3.28. The summed E-state index contributed by atoms with van der Waals surface area (Å²) in [5, 5.41) is 10.0. The summed E-state index contributed by atoms with van der Waals surface area (Å²) in [5.41, 5.74) is 0.557. The van der Waals surface area contributed by atoms with Gasteiger partial charge in [0.05, 0.1) is 39.1 Å². The first-order valence-corrected chi connectivity index (χ1v) is 8.63. The van der Waals surface area contributed by atoms with E-state index in [1.807, 2.05) is 38.1 Å². The Hall–Kier alpha value is -1.18. The zero-order valence-corrected chi connectivity index (χ0v) is 15.4. The van der Waals surface area contributed by atoms with Crippen molar-refractivity contribution in [2.75, 3.05) is 27.4 Å². The number of hydrogen-bond acceptors (Lipinski definition) is 6. The van der Waals surface area contributed by atoms with E-state index in [-0.39, 0.29) is 24.9 Å². The SMILES string of the molecule is COC[C@]1(CO)CC(OCc2ccc(OC)cc2)[C@@H]2OC(C)(C)O[C@@H]21. The summed E-state index contributed by atoms with van der Waals surface area (Å²) in [6.45, 7) is 4.63. The quantitative estimate of drug-likeness (QED) is 0.811. The molecule has 4 atom stereocenters. The molecule has 0 amide bonds. The second-order valence-electron chi connectivity index (χ2n) is 7.38. The fraction of sp³-hybridized carbons (Fsp3) is 0.684. The fourth-order valence-corrected chi connectivity index (χ4v) is 3.87. The maximum Gasteiger partial charge on any atom is 0.163 e. The van der Waals surface area contributed by atoms with Crippen LogP contribution in [0.3, 0.4) is 0 Å². The topological polar surface area (TPSA) is 66.4 Å². The maximum absolute atomic E-state index is 10.0. The largest absolute Gasteiger partial charge is 0.497 e. The summed E-state index contributed by atoms with van der Waals surface area (Å²) in [4.78, 5) is 0. The van der Waals surface area contributed by atoms with E-state index in [1.54, 1.807) is 14.2 Å². The number of aliphatic hydroxyl groups is 1. The van der Waals surface area contributed by atoms with E-state index in [9.17, 15) is 5.11 Å². The highest BCUT2D eigenvalue weighted by atomic mass is 16.8. The van der Waals surface area contributed by atoms with Gasteiger partial charge in [0.1, 0.15) is 11.9 Å². The average Bonchev–Trinajstić information content (AvgIpc) is 3.06. The number of benzene rings is 1. The molecule has 0 radical (unpaired) electrons. The van der Waals surface area contributed by atoms with E-state index in [1.165, 1.54) is 0 Å². The highest BCUT2D eigenvalue weighted by Crippen LogP contribution is 2.50. The third-order valence-corrected chi connectivity index (χ3v) is 5.08. The molecule has 2 fully saturated rings. The van der Waals surface area contributed by atoms with Gasteiger partial charge in [0.15, 0.2) is 5.79 Å². The van der Waals surface area contributed by atoms with E-state index in [0.29, 0.717) is 19.6 Å². The van der Waals surface area contributed by atoms with Crippen LogP contribution in [0.15, 0.2) is 24.3 Å². The van der Waals surface area contributed by atoms with Gasteiger partial charge in [0.2, 0.25) is 0 Å². The summed E-state index contributed by atoms with van der Waals surface area (Å²) < 4.78 is 28.9. The molecule has 1 aromatic carbocycles. The third-order valence-electron chi connectivity index (χ3n) is 5.08. The average molecular weight is 352 g/mol. The highest BCUT2D eigenvalue weighted by Gasteiger charge is 2.61. The molecule has 1 aliphatic carbocycles. The second-order valence-corrected chi connectivity index (χ2v) is 7.38. The molecule has 2 aliphatic rings. The van der Waals surface area contributed by atoms with Crippen molar-refractivity contribution >= 4 is 0 Å². The molecule has 0 bridgehead atoms. The van der Waals surface area contributed by atoms with Gasteiger partial charge in [-0.2, -0.15) is 0 Å². The van der Waals surface area contributed by atoms with Crippen molar-refractivity contribution in [1.29, 1.82) is 0 Å². The molecular formula is C19H28O6. The van der Waals surface area contributed by atoms with E-state index in [0.717, 1.165) is 11.3 Å². The molecule has 1 aromatic rings. The van der Waals surface area contributed by atoms with E-state index >= 15 is 0 Å². The highest BCUT2D eigenvalue weighted by molar-refractivity contribution is 5.26. The lowest BCUT2D eigenvalue weighted by atomic mass is 9.85. The predicted octanol–water partition coefficient (Wildman–Crippen LogP) is 2.13. The van der Waals surface area contributed by atoms with Crippen LogP contribution in [0.4, 0.5) is 0 Å². The third kappa shape index (κ3) is 3.68. The van der Waals surface area contributed by atoms with Crippen molar-refractivity contribution in [3.63, 3.8) is 0 Å². The Labute approximate surface area is 149 Å². The molecular weight excluding hydrogens is 324 g/mol. The van der Waals surface area contributed by atoms with Crippen molar-refractivity contribution in [3.05, 3.63) is 29.8 Å². The van der Waals surface area contributed by atoms with Gasteiger partial charge in [-0.15, -0.1) is 0 Å². The van der Waals surface area contributed by atoms with Crippen molar-refractivity contribution in [1.82, 2.24) is 0 Å². The standard InChI is InChI=1S/C19H28O6/c1-18(2)24-16-15(9-19(11-20,12-21-3)17(16)25-18)23-10-13-5-7-14(22-4)8-6-13/h5-8,15-17,20H,9-12H2,1-4H3/t15?,16-,17-,19+/m0/s1. The van der Waals surface area contributed by atoms with Gasteiger partial charge in [0.25, 0.3) is 0 Å². The van der Waals surface area contributed by atoms with Crippen LogP contribution in [-0.4, -0.2) is 56.6 Å². The monoisotopic (exact) mass is 352 g/mol. The summed E-state index contributed by atoms with van der Waals surface area (Å²) in [6, 6.07) is 7.79. The molecule has 0 spiro atoms. The number of rotatable bonds is 7. The lowest BCUT2D eigenvalue weighted by Gasteiger charge is -2.32. The fourth-order valence-electron chi connectivity index (χ4n) is 3.87. The molecule has 1 heterocycles. The Kier molecular flexibility index (Phi) is 5.37. The molecule has 0 aromatic heterocycles. The van der Waals surface area contributed by atoms with E-state index in [2.05, 4.69) is 0 Å². The minimum absolute atomic E-state index is 0.0240. The van der Waals surface area contributed by atoms with Crippen LogP contribution in [0.2, 0.25) is 0 Å². The van der Waals surface area contributed by atoms with E-state index in [4.69, 9.17) is 23.7 Å². The molecule has 1 unspecified atom stereocenters. The zero-order valence-electron chi connectivity index (χ0n) is 15.4. The molecule has 1 saturated carbocycles. The second kappa shape index (κ2) is 7.21. The Morgan fingerprint density at radius 3 is 2.48 bits per heavy atom. The molecule has 6 nitrogen and oxygen atoms in total. The van der Waals surface area contributed by atoms with Gasteiger partial charge in [-0.3, -0.25) is 0 Å². The van der Waals surface area contributed by atoms with Crippen molar-refractivity contribution < 1.29 is 28.8 Å². The Morgan fingerprint density at radius 1 is 1.16 bits per heavy atom. The molecule has 1 aliphatic heterocycles. The van der Waals surface area contributed by atoms with Crippen molar-refractivity contribution in [2.45, 2.75) is 51.0 Å². The van der Waals surface area contributed by atoms with Crippen LogP contribution in [0.5, 0.6) is 5.75 Å². The van der Waals surface area contributed by atoms with Crippen LogP contribution in [0.25, 0.3) is 0 Å². The van der Waals surface area contributed by atoms with Gasteiger partial charge in [-0.1, -0.05) is 12.1 Å². The normalized spacial score (nSPS) is 33.4. The Morgan fingerprint density at radius 2 is 1.88 bits per heavy atom. The van der Waals surface area contributed by atoms with E-state index < -0.39 is 11.2 Å². The van der Waals surface area contributed by atoms with Crippen LogP contribution in [0, 0.1) is 5.41 Å². The van der Waals surface area contributed by atoms with Gasteiger partial charge < -0.3 is 28.8 Å². The number of fused-ring (bicyclic) bond motifs is 1. The first-order chi connectivity index (χ1) is 11.9. The van der Waals surface area contributed by atoms with Crippen molar-refractivity contribution in [2.24, 2.45) is 5.41 Å². The number of hydrogen-bond donors (Lipinski definition) is 1. The molecule has 140 valence electrons. The van der Waals surface area contributed by atoms with Gasteiger partial charge >= 0.3 is 0 Å². The predicted molar refractivity (Wildman–Crippen MR) is 91.4 cm³/mol. The Bertz CT molecular complexity index is 572. The first-order valence-electron chi connectivity index (χ1n) is 8.63. The molecule has 3 rings (SSSR count). The molecule has 6 heteroatoms. The molecule has 25 heavy (non-hydrogen) atoms. The summed E-state index contributed by atoms with van der Waals surface area (Å²) in [5.74, 6) is 0.129. The first kappa shape index (κ1) is 18.6. The zero-order chi connectivity index (χ0) is 18.1. The molecule has 1 saturated heterocycles. The van der Waals surface area contributed by atoms with Crippen LogP contribution < -0.4 is 4.74 Å². The lowest BCUT2D eigenvalue weighted by Crippen LogP contribution is -2.42. The number of aliphatic hydroxyl groups excluding tert-OH is 1. The summed E-state index contributed by atoms with van der Waals surface area (Å²) in [6.07, 6.45) is 0.0267. The summed E-state index contributed by atoms with van der Waals surface area (Å²) >= 11 is 0. The van der Waals surface area contributed by atoms with Gasteiger partial charge in [-0.25, -0.2) is 0 Å². The molecule has 1 N–H and O–H groups in total. The maximum atomic E-state index is 10.0. The minimum atomic E-state index is -0.689. The van der Waals surface area contributed by atoms with Crippen molar-refractivity contribution in [3.8, 4) is 5.75 Å². The lowest BCUT2D eigenvalue weighted by molar-refractivity contribution is -0.187. The van der Waals surface area contributed by atoms with Crippen LogP contribution in [0.1, 0.15) is 25.8 Å². The van der Waals surface area contributed by atoms with Gasteiger partial charge in [-0.05, 0) is 38.0 Å².